The maximum atomic E-state index is 12.1. The van der Waals surface area contributed by atoms with Gasteiger partial charge in [0.1, 0.15) is 5.76 Å². The standard InChI is InChI=1S/C19H13BrCl2N2O2S/c1-11-2-5-14(6-3-11)27-19-15(20)9-13(26-19)10-23-24-18(25)12-4-7-16(21)17(22)8-12/h2-10H,1H3,(H,24,25)/b23-10-. The molecule has 4 nitrogen and oxygen atoms in total. The van der Waals surface area contributed by atoms with Crippen LogP contribution >= 0.6 is 50.9 Å². The molecule has 2 aromatic carbocycles. The van der Waals surface area contributed by atoms with E-state index in [4.69, 9.17) is 27.6 Å². The molecular weight excluding hydrogens is 471 g/mol. The number of hydrazone groups is 1. The molecule has 0 saturated carbocycles. The number of aryl methyl sites for hydroxylation is 1. The summed E-state index contributed by atoms with van der Waals surface area (Å²) in [5, 5.41) is 5.31. The molecule has 1 amide bonds. The van der Waals surface area contributed by atoms with Crippen LogP contribution in [0.3, 0.4) is 0 Å². The summed E-state index contributed by atoms with van der Waals surface area (Å²) >= 11 is 16.7. The third-order valence-electron chi connectivity index (χ3n) is 3.45. The maximum absolute atomic E-state index is 12.1. The van der Waals surface area contributed by atoms with Gasteiger partial charge in [0.25, 0.3) is 5.91 Å². The Morgan fingerprint density at radius 1 is 1.15 bits per heavy atom. The Bertz CT molecular complexity index is 1000. The second-order valence-electron chi connectivity index (χ2n) is 5.53. The molecule has 0 fully saturated rings. The summed E-state index contributed by atoms with van der Waals surface area (Å²) in [6.45, 7) is 2.04. The second-order valence-corrected chi connectivity index (χ2v) is 8.24. The van der Waals surface area contributed by atoms with Gasteiger partial charge < -0.3 is 4.42 Å². The van der Waals surface area contributed by atoms with Gasteiger partial charge in [0.05, 0.1) is 20.7 Å². The van der Waals surface area contributed by atoms with E-state index in [1.165, 1.54) is 29.6 Å². The molecule has 1 heterocycles. The lowest BCUT2D eigenvalue weighted by atomic mass is 10.2. The van der Waals surface area contributed by atoms with Gasteiger partial charge in [-0.2, -0.15) is 5.10 Å². The smallest absolute Gasteiger partial charge is 0.271 e. The topological polar surface area (TPSA) is 54.6 Å². The van der Waals surface area contributed by atoms with Crippen LogP contribution in [0.25, 0.3) is 0 Å². The molecule has 8 heteroatoms. The van der Waals surface area contributed by atoms with Gasteiger partial charge in [-0.3, -0.25) is 4.79 Å². The highest BCUT2D eigenvalue weighted by Crippen LogP contribution is 2.35. The first-order valence-corrected chi connectivity index (χ1v) is 10.1. The molecule has 0 aliphatic heterocycles. The Balaban J connectivity index is 1.64. The third kappa shape index (κ3) is 5.39. The average Bonchev–Trinajstić information content (AvgIpc) is 2.98. The summed E-state index contributed by atoms with van der Waals surface area (Å²) in [4.78, 5) is 13.1. The molecule has 3 rings (SSSR count). The predicted molar refractivity (Wildman–Crippen MR) is 113 cm³/mol. The fourth-order valence-electron chi connectivity index (χ4n) is 2.07. The number of carbonyl (C=O) groups excluding carboxylic acids is 1. The van der Waals surface area contributed by atoms with Gasteiger partial charge in [0.15, 0.2) is 5.09 Å². The molecule has 0 atom stereocenters. The first-order chi connectivity index (χ1) is 12.9. The van der Waals surface area contributed by atoms with E-state index >= 15 is 0 Å². The van der Waals surface area contributed by atoms with Crippen LogP contribution in [0, 0.1) is 6.92 Å². The number of rotatable bonds is 5. The van der Waals surface area contributed by atoms with E-state index in [9.17, 15) is 4.79 Å². The highest BCUT2D eigenvalue weighted by Gasteiger charge is 2.10. The Labute approximate surface area is 179 Å². The molecule has 1 aromatic heterocycles. The van der Waals surface area contributed by atoms with Crippen LogP contribution in [0.4, 0.5) is 0 Å². The minimum Gasteiger partial charge on any atom is -0.447 e. The highest BCUT2D eigenvalue weighted by atomic mass is 79.9. The number of nitrogens with zero attached hydrogens (tertiary/aromatic N) is 1. The third-order valence-corrected chi connectivity index (χ3v) is 6.03. The van der Waals surface area contributed by atoms with Gasteiger partial charge in [-0.05, 0) is 53.2 Å². The number of hydrogen-bond donors (Lipinski definition) is 1. The summed E-state index contributed by atoms with van der Waals surface area (Å²) in [6, 6.07) is 14.5. The van der Waals surface area contributed by atoms with Crippen molar-refractivity contribution in [1.29, 1.82) is 0 Å². The van der Waals surface area contributed by atoms with Crippen LogP contribution in [0.2, 0.25) is 10.0 Å². The van der Waals surface area contributed by atoms with Gasteiger partial charge in [0, 0.05) is 16.5 Å². The Hall–Kier alpha value is -1.73. The van der Waals surface area contributed by atoms with Crippen molar-refractivity contribution in [3.05, 3.63) is 79.9 Å². The largest absolute Gasteiger partial charge is 0.447 e. The van der Waals surface area contributed by atoms with Gasteiger partial charge in [-0.1, -0.05) is 52.7 Å². The Morgan fingerprint density at radius 2 is 1.89 bits per heavy atom. The van der Waals surface area contributed by atoms with Gasteiger partial charge in [-0.25, -0.2) is 5.43 Å². The van der Waals surface area contributed by atoms with E-state index in [0.717, 1.165) is 9.37 Å². The molecule has 0 saturated heterocycles. The maximum Gasteiger partial charge on any atom is 0.271 e. The van der Waals surface area contributed by atoms with E-state index < -0.39 is 5.91 Å². The predicted octanol–water partition coefficient (Wildman–Crippen LogP) is 6.57. The van der Waals surface area contributed by atoms with Gasteiger partial charge in [-0.15, -0.1) is 0 Å². The molecule has 0 bridgehead atoms. The van der Waals surface area contributed by atoms with Crippen molar-refractivity contribution in [3.63, 3.8) is 0 Å². The monoisotopic (exact) mass is 482 g/mol. The lowest BCUT2D eigenvalue weighted by Gasteiger charge is -2.01. The van der Waals surface area contributed by atoms with E-state index in [1.54, 1.807) is 18.2 Å². The van der Waals surface area contributed by atoms with Crippen molar-refractivity contribution in [2.75, 3.05) is 0 Å². The average molecular weight is 484 g/mol. The zero-order chi connectivity index (χ0) is 19.4. The zero-order valence-corrected chi connectivity index (χ0v) is 17.9. The second kappa shape index (κ2) is 8.97. The summed E-state index contributed by atoms with van der Waals surface area (Å²) in [5.74, 6) is 0.107. The molecule has 1 N–H and O–H groups in total. The number of halogens is 3. The van der Waals surface area contributed by atoms with Crippen molar-refractivity contribution >= 4 is 63.0 Å². The van der Waals surface area contributed by atoms with Crippen LogP contribution < -0.4 is 5.43 Å². The van der Waals surface area contributed by atoms with Crippen molar-refractivity contribution < 1.29 is 9.21 Å². The van der Waals surface area contributed by atoms with E-state index in [0.29, 0.717) is 26.5 Å². The minimum absolute atomic E-state index is 0.307. The lowest BCUT2D eigenvalue weighted by Crippen LogP contribution is -2.17. The van der Waals surface area contributed by atoms with Crippen molar-refractivity contribution in [1.82, 2.24) is 5.43 Å². The fraction of sp³-hybridized carbons (Fsp3) is 0.0526. The van der Waals surface area contributed by atoms with Gasteiger partial charge >= 0.3 is 0 Å². The van der Waals surface area contributed by atoms with Crippen LogP contribution in [-0.4, -0.2) is 12.1 Å². The van der Waals surface area contributed by atoms with Crippen LogP contribution in [-0.2, 0) is 0 Å². The summed E-state index contributed by atoms with van der Waals surface area (Å²) in [7, 11) is 0. The number of benzene rings is 2. The SMILES string of the molecule is Cc1ccc(Sc2oc(/C=N\NC(=O)c3ccc(Cl)c(Cl)c3)cc2Br)cc1. The van der Waals surface area contributed by atoms with Crippen molar-refractivity contribution in [2.45, 2.75) is 16.9 Å². The first-order valence-electron chi connectivity index (χ1n) is 7.74. The van der Waals surface area contributed by atoms with E-state index in [-0.39, 0.29) is 0 Å². The van der Waals surface area contributed by atoms with E-state index in [2.05, 4.69) is 26.5 Å². The molecule has 0 unspecified atom stereocenters. The number of nitrogens with one attached hydrogen (secondary N) is 1. The normalized spacial score (nSPS) is 11.1. The molecule has 0 aliphatic rings. The number of furan rings is 1. The lowest BCUT2D eigenvalue weighted by molar-refractivity contribution is 0.0955. The molecule has 3 aromatic rings. The number of hydrogen-bond acceptors (Lipinski definition) is 4. The summed E-state index contributed by atoms with van der Waals surface area (Å²) in [5.41, 5.74) is 3.98. The number of carbonyl (C=O) groups is 1. The fourth-order valence-corrected chi connectivity index (χ4v) is 3.70. The van der Waals surface area contributed by atoms with Crippen LogP contribution in [0.15, 0.2) is 72.5 Å². The summed E-state index contributed by atoms with van der Waals surface area (Å²) < 4.78 is 6.56. The molecular formula is C19H13BrCl2N2O2S. The molecule has 0 radical (unpaired) electrons. The Kier molecular flexibility index (Phi) is 6.65. The molecule has 27 heavy (non-hydrogen) atoms. The van der Waals surface area contributed by atoms with Crippen molar-refractivity contribution in [2.24, 2.45) is 5.10 Å². The van der Waals surface area contributed by atoms with Crippen LogP contribution in [0.5, 0.6) is 0 Å². The highest BCUT2D eigenvalue weighted by molar-refractivity contribution is 9.10. The number of amides is 1. The van der Waals surface area contributed by atoms with Crippen molar-refractivity contribution in [3.8, 4) is 0 Å². The molecule has 138 valence electrons. The molecule has 0 spiro atoms. The summed E-state index contributed by atoms with van der Waals surface area (Å²) in [6.07, 6.45) is 1.43. The molecule has 0 aliphatic carbocycles. The van der Waals surface area contributed by atoms with Crippen LogP contribution in [0.1, 0.15) is 21.7 Å². The zero-order valence-electron chi connectivity index (χ0n) is 14.0. The minimum atomic E-state index is -0.398. The van der Waals surface area contributed by atoms with Gasteiger partial charge in [0.2, 0.25) is 0 Å². The quantitative estimate of drug-likeness (QED) is 0.329. The first kappa shape index (κ1) is 20.0. The van der Waals surface area contributed by atoms with E-state index in [1.807, 2.05) is 31.2 Å². The Morgan fingerprint density at radius 3 is 2.59 bits per heavy atom.